The van der Waals surface area contributed by atoms with Crippen LogP contribution in [0.4, 0.5) is 0 Å². The van der Waals surface area contributed by atoms with Crippen LogP contribution in [-0.2, 0) is 9.53 Å². The van der Waals surface area contributed by atoms with Crippen LogP contribution in [0.3, 0.4) is 0 Å². The Balaban J connectivity index is 2.98. The van der Waals surface area contributed by atoms with Gasteiger partial charge in [0.25, 0.3) is 0 Å². The van der Waals surface area contributed by atoms with Crippen molar-refractivity contribution < 1.29 is 9.53 Å². The highest BCUT2D eigenvalue weighted by Gasteiger charge is 2.17. The Morgan fingerprint density at radius 1 is 1.60 bits per heavy atom. The second kappa shape index (κ2) is 5.35. The molecule has 0 saturated heterocycles. The van der Waals surface area contributed by atoms with Crippen LogP contribution >= 0.6 is 0 Å². The van der Waals surface area contributed by atoms with E-state index < -0.39 is 5.97 Å². The Bertz CT molecular complexity index is 358. The zero-order chi connectivity index (χ0) is 11.3. The van der Waals surface area contributed by atoms with Crippen LogP contribution in [0, 0.1) is 11.3 Å². The second-order valence-electron chi connectivity index (χ2n) is 3.58. The van der Waals surface area contributed by atoms with E-state index in [9.17, 15) is 4.79 Å². The molecule has 3 nitrogen and oxygen atoms in total. The van der Waals surface area contributed by atoms with Crippen LogP contribution in [0.5, 0.6) is 0 Å². The molecule has 80 valence electrons. The largest absolute Gasteiger partial charge is 0.462 e. The van der Waals surface area contributed by atoms with Gasteiger partial charge in [0.15, 0.2) is 0 Å². The minimum absolute atomic E-state index is 0.163. The van der Waals surface area contributed by atoms with E-state index in [1.165, 1.54) is 5.57 Å². The molecule has 0 spiro atoms. The van der Waals surface area contributed by atoms with Gasteiger partial charge < -0.3 is 4.74 Å². The van der Waals surface area contributed by atoms with Crippen molar-refractivity contribution in [3.8, 4) is 6.07 Å². The van der Waals surface area contributed by atoms with E-state index in [1.54, 1.807) is 6.92 Å². The lowest BCUT2D eigenvalue weighted by Gasteiger charge is -2.13. The molecule has 0 fully saturated rings. The van der Waals surface area contributed by atoms with Crippen LogP contribution in [0.25, 0.3) is 0 Å². The fraction of sp³-hybridized carbons (Fsp3) is 0.500. The number of esters is 1. The van der Waals surface area contributed by atoms with Gasteiger partial charge in [0.1, 0.15) is 11.6 Å². The average Bonchev–Trinajstić information content (AvgIpc) is 2.19. The maximum absolute atomic E-state index is 11.4. The summed E-state index contributed by atoms with van der Waals surface area (Å²) in [5.74, 6) is -0.499. The van der Waals surface area contributed by atoms with Gasteiger partial charge >= 0.3 is 5.97 Å². The number of nitrogens with zero attached hydrogens (tertiary/aromatic N) is 1. The molecular weight excluding hydrogens is 190 g/mol. The predicted molar refractivity (Wildman–Crippen MR) is 56.9 cm³/mol. The smallest absolute Gasteiger partial charge is 0.349 e. The van der Waals surface area contributed by atoms with Gasteiger partial charge in [-0.1, -0.05) is 11.6 Å². The van der Waals surface area contributed by atoms with Crippen molar-refractivity contribution >= 4 is 5.97 Å². The number of hydrogen-bond donors (Lipinski definition) is 0. The highest BCUT2D eigenvalue weighted by molar-refractivity contribution is 5.94. The highest BCUT2D eigenvalue weighted by atomic mass is 16.5. The molecular formula is C12H15NO2. The first-order valence-corrected chi connectivity index (χ1v) is 5.16. The lowest BCUT2D eigenvalue weighted by Crippen LogP contribution is -2.09. The Hall–Kier alpha value is -1.56. The Morgan fingerprint density at radius 2 is 2.33 bits per heavy atom. The molecule has 1 aliphatic rings. The average molecular weight is 205 g/mol. The summed E-state index contributed by atoms with van der Waals surface area (Å²) < 4.78 is 4.83. The van der Waals surface area contributed by atoms with Crippen molar-refractivity contribution in [2.45, 2.75) is 33.1 Å². The third kappa shape index (κ3) is 2.95. The minimum atomic E-state index is -0.499. The van der Waals surface area contributed by atoms with Gasteiger partial charge in [0, 0.05) is 0 Å². The number of allylic oxidation sites excluding steroid dienone is 3. The van der Waals surface area contributed by atoms with Gasteiger partial charge in [0.2, 0.25) is 0 Å². The molecule has 0 bridgehead atoms. The fourth-order valence-electron chi connectivity index (χ4n) is 1.65. The predicted octanol–water partition coefficient (Wildman–Crippen LogP) is 2.50. The van der Waals surface area contributed by atoms with E-state index in [2.05, 4.69) is 0 Å². The molecule has 1 aliphatic carbocycles. The van der Waals surface area contributed by atoms with Crippen LogP contribution in [0.15, 0.2) is 22.8 Å². The normalized spacial score (nSPS) is 18.9. The Morgan fingerprint density at radius 3 is 2.87 bits per heavy atom. The van der Waals surface area contributed by atoms with Crippen molar-refractivity contribution in [3.63, 3.8) is 0 Å². The highest BCUT2D eigenvalue weighted by Crippen LogP contribution is 2.24. The molecule has 15 heavy (non-hydrogen) atoms. The number of nitriles is 1. The molecule has 0 heterocycles. The number of rotatable bonds is 2. The van der Waals surface area contributed by atoms with Crippen molar-refractivity contribution in [2.24, 2.45) is 0 Å². The summed E-state index contributed by atoms with van der Waals surface area (Å²) in [6.07, 6.45) is 4.77. The van der Waals surface area contributed by atoms with Gasteiger partial charge in [-0.3, -0.25) is 0 Å². The Labute approximate surface area is 90.0 Å². The van der Waals surface area contributed by atoms with E-state index in [0.717, 1.165) is 24.8 Å². The first-order valence-electron chi connectivity index (χ1n) is 5.16. The first-order chi connectivity index (χ1) is 7.19. The summed E-state index contributed by atoms with van der Waals surface area (Å²) in [5, 5.41) is 8.92. The quantitative estimate of drug-likeness (QED) is 0.395. The van der Waals surface area contributed by atoms with Crippen LogP contribution in [-0.4, -0.2) is 12.6 Å². The van der Waals surface area contributed by atoms with Crippen molar-refractivity contribution in [1.82, 2.24) is 0 Å². The van der Waals surface area contributed by atoms with Crippen molar-refractivity contribution in [2.75, 3.05) is 6.61 Å². The van der Waals surface area contributed by atoms with Gasteiger partial charge in [0.05, 0.1) is 6.61 Å². The van der Waals surface area contributed by atoms with Gasteiger partial charge in [-0.05, 0) is 38.7 Å². The molecule has 0 aromatic carbocycles. The maximum Gasteiger partial charge on any atom is 0.349 e. The van der Waals surface area contributed by atoms with Crippen molar-refractivity contribution in [1.29, 1.82) is 5.26 Å². The molecule has 0 aromatic rings. The van der Waals surface area contributed by atoms with Gasteiger partial charge in [-0.15, -0.1) is 0 Å². The number of carbonyl (C=O) groups excluding carboxylic acids is 1. The minimum Gasteiger partial charge on any atom is -0.462 e. The molecule has 0 atom stereocenters. The number of carbonyl (C=O) groups is 1. The molecule has 0 amide bonds. The summed E-state index contributed by atoms with van der Waals surface area (Å²) in [5.41, 5.74) is 2.20. The molecule has 1 rings (SSSR count). The number of hydrogen-bond acceptors (Lipinski definition) is 3. The summed E-state index contributed by atoms with van der Waals surface area (Å²) >= 11 is 0. The topological polar surface area (TPSA) is 50.1 Å². The Kier molecular flexibility index (Phi) is 4.11. The molecule has 0 aliphatic heterocycles. The van der Waals surface area contributed by atoms with Gasteiger partial charge in [-0.25, -0.2) is 4.79 Å². The van der Waals surface area contributed by atoms with Crippen molar-refractivity contribution in [3.05, 3.63) is 22.8 Å². The van der Waals surface area contributed by atoms with E-state index in [1.807, 2.05) is 19.1 Å². The maximum atomic E-state index is 11.4. The summed E-state index contributed by atoms with van der Waals surface area (Å²) in [6.45, 7) is 4.05. The molecule has 0 radical (unpaired) electrons. The van der Waals surface area contributed by atoms with Gasteiger partial charge in [-0.2, -0.15) is 5.26 Å². The second-order valence-corrected chi connectivity index (χ2v) is 3.58. The zero-order valence-corrected chi connectivity index (χ0v) is 9.17. The van der Waals surface area contributed by atoms with E-state index in [-0.39, 0.29) is 5.57 Å². The van der Waals surface area contributed by atoms with E-state index in [4.69, 9.17) is 10.00 Å². The first kappa shape index (κ1) is 11.5. The molecule has 0 unspecified atom stereocenters. The SMILES string of the molecule is CCOC(=O)/C(C#N)=C1\C=C(C)CCC1. The monoisotopic (exact) mass is 205 g/mol. The molecule has 3 heteroatoms. The third-order valence-corrected chi connectivity index (χ3v) is 2.35. The fourth-order valence-corrected chi connectivity index (χ4v) is 1.65. The lowest BCUT2D eigenvalue weighted by atomic mass is 9.93. The summed E-state index contributed by atoms with van der Waals surface area (Å²) in [7, 11) is 0. The third-order valence-electron chi connectivity index (χ3n) is 2.35. The molecule has 0 aromatic heterocycles. The van der Waals surface area contributed by atoms with E-state index >= 15 is 0 Å². The van der Waals surface area contributed by atoms with E-state index in [0.29, 0.717) is 6.61 Å². The molecule has 0 saturated carbocycles. The zero-order valence-electron chi connectivity index (χ0n) is 9.17. The molecule has 0 N–H and O–H groups in total. The summed E-state index contributed by atoms with van der Waals surface area (Å²) in [6, 6.07) is 1.94. The summed E-state index contributed by atoms with van der Waals surface area (Å²) in [4.78, 5) is 11.4. The van der Waals surface area contributed by atoms with Crippen LogP contribution in [0.2, 0.25) is 0 Å². The van der Waals surface area contributed by atoms with Crippen LogP contribution < -0.4 is 0 Å². The lowest BCUT2D eigenvalue weighted by molar-refractivity contribution is -0.138. The number of ether oxygens (including phenoxy) is 1. The standard InChI is InChI=1S/C12H15NO2/c1-3-15-12(14)11(8-13)10-6-4-5-9(2)7-10/h7H,3-6H2,1-2H3/b11-10-. The van der Waals surface area contributed by atoms with Crippen LogP contribution in [0.1, 0.15) is 33.1 Å².